The summed E-state index contributed by atoms with van der Waals surface area (Å²) in [6.45, 7) is 1.49. The molecule has 0 bridgehead atoms. The van der Waals surface area contributed by atoms with Crippen LogP contribution in [0.5, 0.6) is 5.75 Å². The van der Waals surface area contributed by atoms with Crippen LogP contribution in [0, 0.1) is 0 Å². The van der Waals surface area contributed by atoms with E-state index in [2.05, 4.69) is 0 Å². The Hall–Kier alpha value is -0.770. The predicted molar refractivity (Wildman–Crippen MR) is 49.1 cm³/mol. The van der Waals surface area contributed by atoms with Crippen molar-refractivity contribution in [2.75, 3.05) is 0 Å². The van der Waals surface area contributed by atoms with Crippen molar-refractivity contribution in [3.05, 3.63) is 29.8 Å². The standard InChI is InChI=1S/C8H11NO2.ClH/c1-8(9,11)6-2-4-7(10)5-3-6;/h2-5,10-11H,9H2,1H3;1H. The van der Waals surface area contributed by atoms with Gasteiger partial charge in [-0.1, -0.05) is 12.1 Å². The first kappa shape index (κ1) is 11.2. The minimum atomic E-state index is -1.33. The molecule has 0 spiro atoms. The summed E-state index contributed by atoms with van der Waals surface area (Å²) in [4.78, 5) is 0. The quantitative estimate of drug-likeness (QED) is 0.576. The Morgan fingerprint density at radius 3 is 2.00 bits per heavy atom. The van der Waals surface area contributed by atoms with E-state index in [9.17, 15) is 5.11 Å². The van der Waals surface area contributed by atoms with Crippen LogP contribution in [-0.4, -0.2) is 10.2 Å². The van der Waals surface area contributed by atoms with Crippen molar-refractivity contribution in [1.82, 2.24) is 0 Å². The summed E-state index contributed by atoms with van der Waals surface area (Å²) in [5, 5.41) is 18.2. The molecule has 0 heterocycles. The molecule has 1 atom stereocenters. The molecular weight excluding hydrogens is 178 g/mol. The Morgan fingerprint density at radius 1 is 1.25 bits per heavy atom. The number of aromatic hydroxyl groups is 1. The first-order valence-corrected chi connectivity index (χ1v) is 3.31. The van der Waals surface area contributed by atoms with Gasteiger partial charge in [0.2, 0.25) is 0 Å². The molecule has 0 radical (unpaired) electrons. The molecule has 68 valence electrons. The number of hydrogen-bond donors (Lipinski definition) is 3. The number of phenolic OH excluding ortho intramolecular Hbond substituents is 1. The second kappa shape index (κ2) is 3.76. The van der Waals surface area contributed by atoms with Crippen LogP contribution in [0.1, 0.15) is 12.5 Å². The first-order chi connectivity index (χ1) is 5.00. The minimum Gasteiger partial charge on any atom is -0.508 e. The fourth-order valence-corrected chi connectivity index (χ4v) is 0.799. The van der Waals surface area contributed by atoms with Gasteiger partial charge >= 0.3 is 0 Å². The van der Waals surface area contributed by atoms with Gasteiger partial charge in [-0.05, 0) is 24.6 Å². The van der Waals surface area contributed by atoms with Gasteiger partial charge in [-0.2, -0.15) is 0 Å². The lowest BCUT2D eigenvalue weighted by atomic mass is 10.1. The van der Waals surface area contributed by atoms with E-state index in [0.29, 0.717) is 5.56 Å². The van der Waals surface area contributed by atoms with Crippen molar-refractivity contribution in [2.24, 2.45) is 5.73 Å². The highest BCUT2D eigenvalue weighted by Crippen LogP contribution is 2.17. The van der Waals surface area contributed by atoms with Crippen LogP contribution < -0.4 is 5.73 Å². The fraction of sp³-hybridized carbons (Fsp3) is 0.250. The number of benzene rings is 1. The minimum absolute atomic E-state index is 0. The maximum atomic E-state index is 9.28. The van der Waals surface area contributed by atoms with E-state index in [0.717, 1.165) is 0 Å². The number of nitrogens with two attached hydrogens (primary N) is 1. The average molecular weight is 190 g/mol. The van der Waals surface area contributed by atoms with Gasteiger partial charge in [-0.3, -0.25) is 0 Å². The molecule has 0 aliphatic rings. The maximum Gasteiger partial charge on any atom is 0.136 e. The third-order valence-corrected chi connectivity index (χ3v) is 1.45. The lowest BCUT2D eigenvalue weighted by molar-refractivity contribution is 0.0647. The summed E-state index contributed by atoms with van der Waals surface area (Å²) in [6.07, 6.45) is 0. The zero-order valence-corrected chi connectivity index (χ0v) is 7.51. The Labute approximate surface area is 77.2 Å². The van der Waals surface area contributed by atoms with Crippen LogP contribution in [0.4, 0.5) is 0 Å². The topological polar surface area (TPSA) is 66.5 Å². The fourth-order valence-electron chi connectivity index (χ4n) is 0.799. The number of aliphatic hydroxyl groups is 1. The van der Waals surface area contributed by atoms with Gasteiger partial charge in [0, 0.05) is 0 Å². The molecule has 0 saturated carbocycles. The molecule has 4 N–H and O–H groups in total. The van der Waals surface area contributed by atoms with Crippen LogP contribution in [0.15, 0.2) is 24.3 Å². The third kappa shape index (κ3) is 2.70. The van der Waals surface area contributed by atoms with Gasteiger partial charge in [0.05, 0.1) is 0 Å². The lowest BCUT2D eigenvalue weighted by Gasteiger charge is -2.17. The van der Waals surface area contributed by atoms with Gasteiger partial charge in [-0.25, -0.2) is 0 Å². The summed E-state index contributed by atoms with van der Waals surface area (Å²) in [5.74, 6) is 0.165. The average Bonchev–Trinajstić information content (AvgIpc) is 1.86. The van der Waals surface area contributed by atoms with E-state index in [1.54, 1.807) is 12.1 Å². The summed E-state index contributed by atoms with van der Waals surface area (Å²) < 4.78 is 0. The summed E-state index contributed by atoms with van der Waals surface area (Å²) >= 11 is 0. The molecule has 3 nitrogen and oxygen atoms in total. The van der Waals surface area contributed by atoms with Gasteiger partial charge in [0.15, 0.2) is 0 Å². The van der Waals surface area contributed by atoms with E-state index in [4.69, 9.17) is 10.8 Å². The molecule has 12 heavy (non-hydrogen) atoms. The molecule has 0 amide bonds. The second-order valence-electron chi connectivity index (χ2n) is 2.69. The molecule has 0 aromatic heterocycles. The number of rotatable bonds is 1. The highest BCUT2D eigenvalue weighted by atomic mass is 35.5. The normalized spacial score (nSPS) is 14.6. The monoisotopic (exact) mass is 189 g/mol. The Bertz CT molecular complexity index is 240. The summed E-state index contributed by atoms with van der Waals surface area (Å²) in [6, 6.07) is 6.12. The van der Waals surface area contributed by atoms with Crippen molar-refractivity contribution in [3.63, 3.8) is 0 Å². The van der Waals surface area contributed by atoms with Gasteiger partial charge < -0.3 is 15.9 Å². The number of halogens is 1. The maximum absolute atomic E-state index is 9.28. The predicted octanol–water partition coefficient (Wildman–Crippen LogP) is 0.938. The Balaban J connectivity index is 0.00000121. The van der Waals surface area contributed by atoms with Crippen LogP contribution in [-0.2, 0) is 5.72 Å². The van der Waals surface area contributed by atoms with Gasteiger partial charge in [-0.15, -0.1) is 12.4 Å². The molecule has 1 aromatic rings. The number of phenols is 1. The molecule has 0 aliphatic carbocycles. The van der Waals surface area contributed by atoms with E-state index >= 15 is 0 Å². The van der Waals surface area contributed by atoms with E-state index in [1.165, 1.54) is 19.1 Å². The van der Waals surface area contributed by atoms with Crippen LogP contribution in [0.3, 0.4) is 0 Å². The largest absolute Gasteiger partial charge is 0.508 e. The van der Waals surface area contributed by atoms with Crippen molar-refractivity contribution in [3.8, 4) is 5.75 Å². The van der Waals surface area contributed by atoms with Crippen molar-refractivity contribution >= 4 is 12.4 Å². The SMILES string of the molecule is CC(N)(O)c1ccc(O)cc1.Cl. The van der Waals surface area contributed by atoms with Crippen LogP contribution >= 0.6 is 12.4 Å². The molecule has 0 aliphatic heterocycles. The Morgan fingerprint density at radius 2 is 1.67 bits per heavy atom. The zero-order chi connectivity index (χ0) is 8.48. The van der Waals surface area contributed by atoms with E-state index in [-0.39, 0.29) is 18.2 Å². The van der Waals surface area contributed by atoms with Crippen LogP contribution in [0.2, 0.25) is 0 Å². The van der Waals surface area contributed by atoms with Crippen LogP contribution in [0.25, 0.3) is 0 Å². The number of hydrogen-bond acceptors (Lipinski definition) is 3. The van der Waals surface area contributed by atoms with E-state index in [1.807, 2.05) is 0 Å². The molecule has 1 unspecified atom stereocenters. The van der Waals surface area contributed by atoms with Gasteiger partial charge in [0.25, 0.3) is 0 Å². The third-order valence-electron chi connectivity index (χ3n) is 1.45. The van der Waals surface area contributed by atoms with Crippen molar-refractivity contribution in [2.45, 2.75) is 12.6 Å². The summed E-state index contributed by atoms with van der Waals surface area (Å²) in [7, 11) is 0. The molecular formula is C8H12ClNO2. The highest BCUT2D eigenvalue weighted by Gasteiger charge is 2.15. The zero-order valence-electron chi connectivity index (χ0n) is 6.69. The lowest BCUT2D eigenvalue weighted by Crippen LogP contribution is -2.31. The molecule has 1 rings (SSSR count). The first-order valence-electron chi connectivity index (χ1n) is 3.31. The molecule has 0 saturated heterocycles. The van der Waals surface area contributed by atoms with Gasteiger partial charge in [0.1, 0.15) is 11.5 Å². The van der Waals surface area contributed by atoms with E-state index < -0.39 is 5.72 Å². The molecule has 1 aromatic carbocycles. The highest BCUT2D eigenvalue weighted by molar-refractivity contribution is 5.85. The molecule has 4 heteroatoms. The second-order valence-corrected chi connectivity index (χ2v) is 2.69. The van der Waals surface area contributed by atoms with Crippen molar-refractivity contribution in [1.29, 1.82) is 0 Å². The molecule has 0 fully saturated rings. The smallest absolute Gasteiger partial charge is 0.136 e. The summed E-state index contributed by atoms with van der Waals surface area (Å²) in [5.41, 5.74) is 4.63. The Kier molecular flexibility index (Phi) is 3.52. The van der Waals surface area contributed by atoms with Crippen molar-refractivity contribution < 1.29 is 10.2 Å².